The highest BCUT2D eigenvalue weighted by Gasteiger charge is 2.04. The van der Waals surface area contributed by atoms with Crippen LogP contribution in [-0.2, 0) is 6.42 Å². The zero-order valence-corrected chi connectivity index (χ0v) is 18.4. The summed E-state index contributed by atoms with van der Waals surface area (Å²) in [7, 11) is 0. The predicted molar refractivity (Wildman–Crippen MR) is 128 cm³/mol. The van der Waals surface area contributed by atoms with E-state index in [1.54, 1.807) is 60.7 Å². The number of hydrogen-bond acceptors (Lipinski definition) is 5. The Bertz CT molecular complexity index is 1100. The summed E-state index contributed by atoms with van der Waals surface area (Å²) in [6, 6.07) is 16.1. The van der Waals surface area contributed by atoms with Crippen molar-refractivity contribution >= 4 is 17.9 Å². The van der Waals surface area contributed by atoms with E-state index in [1.165, 1.54) is 18.6 Å². The lowest BCUT2D eigenvalue weighted by atomic mass is 10.0. The van der Waals surface area contributed by atoms with Crippen LogP contribution in [0.4, 0.5) is 0 Å². The topological polar surface area (TPSA) is 98.0 Å². The van der Waals surface area contributed by atoms with Crippen molar-refractivity contribution in [2.45, 2.75) is 27.2 Å². The molecule has 0 saturated carbocycles. The van der Waals surface area contributed by atoms with Crippen molar-refractivity contribution in [2.24, 2.45) is 0 Å². The molecule has 0 bridgehead atoms. The van der Waals surface area contributed by atoms with Gasteiger partial charge < -0.3 is 20.4 Å². The minimum atomic E-state index is 0.0217. The molecular weight excluding hydrogens is 404 g/mol. The fourth-order valence-electron chi connectivity index (χ4n) is 2.77. The van der Waals surface area contributed by atoms with Crippen LogP contribution in [0.25, 0.3) is 12.2 Å². The Morgan fingerprint density at radius 1 is 0.719 bits per heavy atom. The lowest BCUT2D eigenvalue weighted by Gasteiger charge is -2.04. The van der Waals surface area contributed by atoms with Gasteiger partial charge >= 0.3 is 0 Å². The summed E-state index contributed by atoms with van der Waals surface area (Å²) in [6.07, 6.45) is 6.29. The van der Waals surface area contributed by atoms with Gasteiger partial charge in [0.15, 0.2) is 5.78 Å². The standard InChI is InChI=1S/C14H12O3.C13H16O2/c15-12-5-3-10(4-6-12)1-2-11-7-13(16)9-14(17)8-11;1-9(2)4-5-12-8-11(10(3)14)6-7-13(12)15/h1-9,15-17H;4,6-8,15H,5H2,1-3H3. The second-order valence-electron chi connectivity index (χ2n) is 7.59. The molecule has 0 spiro atoms. The van der Waals surface area contributed by atoms with Crippen LogP contribution in [0.15, 0.2) is 72.3 Å². The molecule has 0 radical (unpaired) electrons. The fourth-order valence-corrected chi connectivity index (χ4v) is 2.77. The zero-order valence-electron chi connectivity index (χ0n) is 18.4. The molecule has 0 heterocycles. The van der Waals surface area contributed by atoms with Crippen LogP contribution < -0.4 is 0 Å². The van der Waals surface area contributed by atoms with E-state index in [4.69, 9.17) is 5.11 Å². The van der Waals surface area contributed by atoms with Gasteiger partial charge in [0.1, 0.15) is 23.0 Å². The molecule has 3 rings (SSSR count). The number of phenols is 4. The molecule has 5 nitrogen and oxygen atoms in total. The van der Waals surface area contributed by atoms with Gasteiger partial charge in [-0.15, -0.1) is 0 Å². The van der Waals surface area contributed by atoms with Gasteiger partial charge in [-0.05, 0) is 86.3 Å². The van der Waals surface area contributed by atoms with Gasteiger partial charge in [0.25, 0.3) is 0 Å². The quantitative estimate of drug-likeness (QED) is 0.223. The Labute approximate surface area is 188 Å². The Morgan fingerprint density at radius 3 is 1.88 bits per heavy atom. The van der Waals surface area contributed by atoms with E-state index in [-0.39, 0.29) is 28.8 Å². The average molecular weight is 433 g/mol. The monoisotopic (exact) mass is 432 g/mol. The lowest BCUT2D eigenvalue weighted by Crippen LogP contribution is -1.94. The number of rotatable bonds is 5. The van der Waals surface area contributed by atoms with Crippen molar-refractivity contribution in [2.75, 3.05) is 0 Å². The van der Waals surface area contributed by atoms with Gasteiger partial charge in [-0.25, -0.2) is 0 Å². The minimum absolute atomic E-state index is 0.0217. The van der Waals surface area contributed by atoms with Crippen LogP contribution in [0.1, 0.15) is 47.8 Å². The van der Waals surface area contributed by atoms with E-state index in [0.29, 0.717) is 17.5 Å². The van der Waals surface area contributed by atoms with Gasteiger partial charge in [0.05, 0.1) is 0 Å². The smallest absolute Gasteiger partial charge is 0.159 e. The van der Waals surface area contributed by atoms with Crippen molar-refractivity contribution in [3.63, 3.8) is 0 Å². The number of Topliss-reactive ketones (excluding diaryl/α,β-unsaturated/α-hetero) is 1. The number of hydrogen-bond donors (Lipinski definition) is 4. The molecule has 0 aliphatic heterocycles. The molecule has 0 aromatic heterocycles. The molecule has 3 aromatic rings. The van der Waals surface area contributed by atoms with E-state index >= 15 is 0 Å². The molecule has 0 saturated heterocycles. The first-order valence-electron chi connectivity index (χ1n) is 10.1. The summed E-state index contributed by atoms with van der Waals surface area (Å²) in [5, 5.41) is 37.3. The van der Waals surface area contributed by atoms with Gasteiger partial charge in [-0.1, -0.05) is 35.9 Å². The number of aromatic hydroxyl groups is 4. The molecule has 166 valence electrons. The third-order valence-electron chi connectivity index (χ3n) is 4.50. The Balaban J connectivity index is 0.000000229. The van der Waals surface area contributed by atoms with Gasteiger partial charge in [0.2, 0.25) is 0 Å². The van der Waals surface area contributed by atoms with Crippen LogP contribution >= 0.6 is 0 Å². The normalized spacial score (nSPS) is 10.3. The number of allylic oxidation sites excluding steroid dienone is 2. The van der Waals surface area contributed by atoms with Crippen molar-refractivity contribution < 1.29 is 25.2 Å². The van der Waals surface area contributed by atoms with Crippen LogP contribution in [0.2, 0.25) is 0 Å². The Hall–Kier alpha value is -3.99. The van der Waals surface area contributed by atoms with Crippen LogP contribution in [0.5, 0.6) is 23.0 Å². The molecule has 0 fully saturated rings. The summed E-state index contributed by atoms with van der Waals surface area (Å²) in [5.41, 5.74) is 4.26. The summed E-state index contributed by atoms with van der Waals surface area (Å²) < 4.78 is 0. The molecule has 4 N–H and O–H groups in total. The van der Waals surface area contributed by atoms with Crippen molar-refractivity contribution in [1.29, 1.82) is 0 Å². The number of carbonyl (C=O) groups excluding carboxylic acids is 1. The highest BCUT2D eigenvalue weighted by Crippen LogP contribution is 2.22. The van der Waals surface area contributed by atoms with E-state index in [2.05, 4.69) is 0 Å². The average Bonchev–Trinajstić information content (AvgIpc) is 2.72. The van der Waals surface area contributed by atoms with E-state index in [0.717, 1.165) is 11.1 Å². The highest BCUT2D eigenvalue weighted by atomic mass is 16.3. The summed E-state index contributed by atoms with van der Waals surface area (Å²) >= 11 is 0. The van der Waals surface area contributed by atoms with Crippen LogP contribution in [0, 0.1) is 0 Å². The summed E-state index contributed by atoms with van der Waals surface area (Å²) in [4.78, 5) is 11.1. The number of phenolic OH excluding ortho intramolecular Hbond substituents is 4. The lowest BCUT2D eigenvalue weighted by molar-refractivity contribution is 0.101. The van der Waals surface area contributed by atoms with E-state index in [9.17, 15) is 20.1 Å². The van der Waals surface area contributed by atoms with Gasteiger partial charge in [-0.2, -0.15) is 0 Å². The third-order valence-corrected chi connectivity index (χ3v) is 4.50. The first kappa shape index (κ1) is 24.3. The first-order valence-corrected chi connectivity index (χ1v) is 10.1. The second kappa shape index (κ2) is 11.4. The highest BCUT2D eigenvalue weighted by molar-refractivity contribution is 5.94. The SMILES string of the molecule is CC(=O)c1ccc(O)c(CC=C(C)C)c1.Oc1ccc(C=Cc2cc(O)cc(O)c2)cc1. The Morgan fingerprint density at radius 2 is 1.31 bits per heavy atom. The Kier molecular flexibility index (Phi) is 8.66. The number of ketones is 1. The largest absolute Gasteiger partial charge is 0.508 e. The van der Waals surface area contributed by atoms with E-state index < -0.39 is 0 Å². The maximum Gasteiger partial charge on any atom is 0.159 e. The van der Waals surface area contributed by atoms with Gasteiger partial charge in [-0.3, -0.25) is 4.79 Å². The third kappa shape index (κ3) is 8.03. The summed E-state index contributed by atoms with van der Waals surface area (Å²) in [5.74, 6) is 0.536. The molecule has 32 heavy (non-hydrogen) atoms. The zero-order chi connectivity index (χ0) is 23.7. The molecule has 0 aliphatic carbocycles. The fraction of sp³-hybridized carbons (Fsp3) is 0.148. The second-order valence-corrected chi connectivity index (χ2v) is 7.59. The van der Waals surface area contributed by atoms with Gasteiger partial charge in [0, 0.05) is 11.6 Å². The van der Waals surface area contributed by atoms with Crippen LogP contribution in [0.3, 0.4) is 0 Å². The number of carbonyl (C=O) groups is 1. The molecule has 0 amide bonds. The van der Waals surface area contributed by atoms with Crippen molar-refractivity contribution in [3.8, 4) is 23.0 Å². The molecule has 0 aliphatic rings. The maximum absolute atomic E-state index is 11.1. The maximum atomic E-state index is 11.1. The molecule has 0 unspecified atom stereocenters. The van der Waals surface area contributed by atoms with Crippen molar-refractivity contribution in [1.82, 2.24) is 0 Å². The molecule has 3 aromatic carbocycles. The molecule has 0 atom stereocenters. The minimum Gasteiger partial charge on any atom is -0.508 e. The molecule has 5 heteroatoms. The summed E-state index contributed by atoms with van der Waals surface area (Å²) in [6.45, 7) is 5.54. The van der Waals surface area contributed by atoms with E-state index in [1.807, 2.05) is 26.0 Å². The molecular formula is C27H28O5. The van der Waals surface area contributed by atoms with Crippen molar-refractivity contribution in [3.05, 3.63) is 94.6 Å². The number of benzene rings is 3. The first-order chi connectivity index (χ1) is 15.1. The predicted octanol–water partition coefficient (Wildman–Crippen LogP) is 6.08. The van der Waals surface area contributed by atoms with Crippen LogP contribution in [-0.4, -0.2) is 26.2 Å².